The predicted molar refractivity (Wildman–Crippen MR) is 124 cm³/mol. The predicted octanol–water partition coefficient (Wildman–Crippen LogP) is 4.06. The van der Waals surface area contributed by atoms with Crippen LogP contribution in [0.5, 0.6) is 0 Å². The molecular weight excluding hydrogens is 420 g/mol. The number of carboxylic acids is 1. The van der Waals surface area contributed by atoms with E-state index in [2.05, 4.69) is 22.8 Å². The van der Waals surface area contributed by atoms with Gasteiger partial charge in [0, 0.05) is 18.4 Å². The second kappa shape index (κ2) is 10.1. The fourth-order valence-electron chi connectivity index (χ4n) is 4.70. The first-order valence-electron chi connectivity index (χ1n) is 11.6. The van der Waals surface area contributed by atoms with Gasteiger partial charge in [0.05, 0.1) is 0 Å². The van der Waals surface area contributed by atoms with Gasteiger partial charge < -0.3 is 20.5 Å². The Labute approximate surface area is 193 Å². The largest absolute Gasteiger partial charge is 0.481 e. The molecule has 2 amide bonds. The van der Waals surface area contributed by atoms with Crippen LogP contribution in [0.15, 0.2) is 48.5 Å². The highest BCUT2D eigenvalue weighted by Crippen LogP contribution is 2.44. The Bertz CT molecular complexity index is 987. The molecule has 0 bridgehead atoms. The van der Waals surface area contributed by atoms with E-state index in [1.165, 1.54) is 0 Å². The summed E-state index contributed by atoms with van der Waals surface area (Å²) in [5.74, 6) is -1.05. The fraction of sp³-hybridized carbons (Fsp3) is 0.423. The van der Waals surface area contributed by atoms with E-state index in [0.717, 1.165) is 41.5 Å². The molecule has 3 N–H and O–H groups in total. The molecule has 2 aromatic carbocycles. The molecular formula is C26H30N2O5. The maximum Gasteiger partial charge on any atom is 0.407 e. The Kier molecular flexibility index (Phi) is 6.96. The lowest BCUT2D eigenvalue weighted by Crippen LogP contribution is -2.51. The number of carbonyl (C=O) groups is 3. The van der Waals surface area contributed by atoms with E-state index in [1.807, 2.05) is 43.3 Å². The first-order chi connectivity index (χ1) is 15.9. The lowest BCUT2D eigenvalue weighted by atomic mass is 9.80. The molecule has 0 heterocycles. The van der Waals surface area contributed by atoms with Crippen molar-refractivity contribution in [2.75, 3.05) is 6.61 Å². The van der Waals surface area contributed by atoms with Crippen molar-refractivity contribution < 1.29 is 24.2 Å². The Morgan fingerprint density at radius 3 is 2.15 bits per heavy atom. The van der Waals surface area contributed by atoms with E-state index in [0.29, 0.717) is 5.92 Å². The highest BCUT2D eigenvalue weighted by molar-refractivity contribution is 5.86. The first-order valence-corrected chi connectivity index (χ1v) is 11.6. The minimum atomic E-state index is -1.02. The number of alkyl carbamates (subject to hydrolysis) is 1. The van der Waals surface area contributed by atoms with Gasteiger partial charge >= 0.3 is 12.1 Å². The van der Waals surface area contributed by atoms with Crippen molar-refractivity contribution >= 4 is 18.0 Å². The standard InChI is InChI=1S/C26H30N2O5/c1-16(17-7-6-8-17)27-25(31)23(13-14-24(29)30)28-26(32)33-15-22-20-11-4-2-9-18(20)19-10-3-5-12-21(19)22/h2-5,9-12,16-17,22-23H,6-8,13-15H2,1H3,(H,27,31)(H,28,32)(H,29,30). The van der Waals surface area contributed by atoms with Gasteiger partial charge in [-0.05, 0) is 54.4 Å². The fourth-order valence-corrected chi connectivity index (χ4v) is 4.70. The Hall–Kier alpha value is -3.35. The number of nitrogens with one attached hydrogen (secondary N) is 2. The molecule has 0 saturated heterocycles. The summed E-state index contributed by atoms with van der Waals surface area (Å²) in [7, 11) is 0. The van der Waals surface area contributed by atoms with Gasteiger partial charge in [0.15, 0.2) is 0 Å². The summed E-state index contributed by atoms with van der Waals surface area (Å²) < 4.78 is 5.53. The van der Waals surface area contributed by atoms with Crippen molar-refractivity contribution in [1.29, 1.82) is 0 Å². The Balaban J connectivity index is 1.39. The van der Waals surface area contributed by atoms with Crippen LogP contribution in [0.3, 0.4) is 0 Å². The Morgan fingerprint density at radius 1 is 1.00 bits per heavy atom. The average molecular weight is 451 g/mol. The summed E-state index contributed by atoms with van der Waals surface area (Å²) in [6.45, 7) is 2.08. The summed E-state index contributed by atoms with van der Waals surface area (Å²) in [6, 6.07) is 15.1. The molecule has 33 heavy (non-hydrogen) atoms. The van der Waals surface area contributed by atoms with Crippen LogP contribution in [0.2, 0.25) is 0 Å². The monoisotopic (exact) mass is 450 g/mol. The lowest BCUT2D eigenvalue weighted by Gasteiger charge is -2.32. The third kappa shape index (κ3) is 5.18. The Morgan fingerprint density at radius 2 is 1.61 bits per heavy atom. The maximum atomic E-state index is 12.8. The number of carboxylic acid groups (broad SMARTS) is 1. The van der Waals surface area contributed by atoms with E-state index >= 15 is 0 Å². The number of aliphatic carboxylic acids is 1. The molecule has 2 atom stereocenters. The number of ether oxygens (including phenoxy) is 1. The van der Waals surface area contributed by atoms with Crippen LogP contribution >= 0.6 is 0 Å². The van der Waals surface area contributed by atoms with E-state index in [4.69, 9.17) is 9.84 Å². The smallest absolute Gasteiger partial charge is 0.407 e. The maximum absolute atomic E-state index is 12.8. The quantitative estimate of drug-likeness (QED) is 0.534. The number of carbonyl (C=O) groups excluding carboxylic acids is 2. The molecule has 0 spiro atoms. The number of rotatable bonds is 9. The molecule has 2 aliphatic carbocycles. The molecule has 2 aromatic rings. The van der Waals surface area contributed by atoms with Crippen LogP contribution in [-0.4, -0.2) is 41.8 Å². The number of hydrogen-bond donors (Lipinski definition) is 3. The summed E-state index contributed by atoms with van der Waals surface area (Å²) in [4.78, 5) is 36.4. The van der Waals surface area contributed by atoms with E-state index in [-0.39, 0.29) is 37.3 Å². The number of amides is 2. The molecule has 4 rings (SSSR count). The zero-order valence-electron chi connectivity index (χ0n) is 18.8. The minimum Gasteiger partial charge on any atom is -0.481 e. The third-order valence-corrected chi connectivity index (χ3v) is 6.83. The van der Waals surface area contributed by atoms with Gasteiger partial charge in [-0.15, -0.1) is 0 Å². The molecule has 1 saturated carbocycles. The molecule has 0 radical (unpaired) electrons. The van der Waals surface area contributed by atoms with Crippen LogP contribution in [0, 0.1) is 5.92 Å². The second-order valence-electron chi connectivity index (χ2n) is 8.94. The van der Waals surface area contributed by atoms with Crippen LogP contribution < -0.4 is 10.6 Å². The molecule has 7 heteroatoms. The van der Waals surface area contributed by atoms with Gasteiger partial charge in [0.1, 0.15) is 12.6 Å². The molecule has 7 nitrogen and oxygen atoms in total. The molecule has 0 aliphatic heterocycles. The average Bonchev–Trinajstić information content (AvgIpc) is 3.07. The van der Waals surface area contributed by atoms with Gasteiger partial charge in [0.25, 0.3) is 0 Å². The van der Waals surface area contributed by atoms with Crippen LogP contribution in [0.25, 0.3) is 11.1 Å². The summed E-state index contributed by atoms with van der Waals surface area (Å²) in [6.07, 6.45) is 2.36. The van der Waals surface area contributed by atoms with Gasteiger partial charge in [-0.1, -0.05) is 55.0 Å². The van der Waals surface area contributed by atoms with E-state index < -0.39 is 18.1 Å². The van der Waals surface area contributed by atoms with Crippen LogP contribution in [0.1, 0.15) is 56.1 Å². The van der Waals surface area contributed by atoms with Crippen molar-refractivity contribution in [2.45, 2.75) is 57.0 Å². The minimum absolute atomic E-state index is 0.00273. The van der Waals surface area contributed by atoms with Crippen LogP contribution in [-0.2, 0) is 14.3 Å². The summed E-state index contributed by atoms with van der Waals surface area (Å²) in [5.41, 5.74) is 4.46. The van der Waals surface area contributed by atoms with Crippen molar-refractivity contribution in [3.05, 3.63) is 59.7 Å². The van der Waals surface area contributed by atoms with Gasteiger partial charge in [-0.3, -0.25) is 9.59 Å². The second-order valence-corrected chi connectivity index (χ2v) is 8.94. The summed E-state index contributed by atoms with van der Waals surface area (Å²) >= 11 is 0. The first kappa shape index (κ1) is 22.8. The molecule has 1 fully saturated rings. The third-order valence-electron chi connectivity index (χ3n) is 6.83. The molecule has 0 aromatic heterocycles. The van der Waals surface area contributed by atoms with Crippen molar-refractivity contribution in [3.63, 3.8) is 0 Å². The SMILES string of the molecule is CC(NC(=O)C(CCC(=O)O)NC(=O)OCC1c2ccccc2-c2ccccc21)C1CCC1. The zero-order valence-corrected chi connectivity index (χ0v) is 18.8. The van der Waals surface area contributed by atoms with Crippen molar-refractivity contribution in [2.24, 2.45) is 5.92 Å². The van der Waals surface area contributed by atoms with Gasteiger partial charge in [-0.2, -0.15) is 0 Å². The van der Waals surface area contributed by atoms with Gasteiger partial charge in [-0.25, -0.2) is 4.79 Å². The molecule has 2 unspecified atom stereocenters. The normalized spacial score (nSPS) is 16.6. The molecule has 2 aliphatic rings. The van der Waals surface area contributed by atoms with Crippen LogP contribution in [0.4, 0.5) is 4.79 Å². The number of fused-ring (bicyclic) bond motifs is 3. The highest BCUT2D eigenvalue weighted by Gasteiger charge is 2.31. The molecule has 174 valence electrons. The van der Waals surface area contributed by atoms with E-state index in [1.54, 1.807) is 0 Å². The zero-order chi connectivity index (χ0) is 23.4. The van der Waals surface area contributed by atoms with Gasteiger partial charge in [0.2, 0.25) is 5.91 Å². The highest BCUT2D eigenvalue weighted by atomic mass is 16.5. The number of benzene rings is 2. The topological polar surface area (TPSA) is 105 Å². The summed E-state index contributed by atoms with van der Waals surface area (Å²) in [5, 5.41) is 14.6. The van der Waals surface area contributed by atoms with Crippen molar-refractivity contribution in [3.8, 4) is 11.1 Å². The lowest BCUT2D eigenvalue weighted by molar-refractivity contribution is -0.137. The number of hydrogen-bond acceptors (Lipinski definition) is 4. The van der Waals surface area contributed by atoms with Crippen molar-refractivity contribution in [1.82, 2.24) is 10.6 Å². The van der Waals surface area contributed by atoms with E-state index in [9.17, 15) is 14.4 Å².